The molecule has 58 heavy (non-hydrogen) atoms. The van der Waals surface area contributed by atoms with Gasteiger partial charge < -0.3 is 17.6 Å². The summed E-state index contributed by atoms with van der Waals surface area (Å²) in [5, 5.41) is 14.3. The van der Waals surface area contributed by atoms with Crippen molar-refractivity contribution in [2.24, 2.45) is 0 Å². The van der Waals surface area contributed by atoms with Gasteiger partial charge in [0.15, 0.2) is 0 Å². The molecule has 4 nitrogen and oxygen atoms in total. The molecule has 6 aromatic heterocycles. The molecule has 0 N–H and O–H groups in total. The summed E-state index contributed by atoms with van der Waals surface area (Å²) in [6.45, 7) is 0. The predicted octanol–water partition coefficient (Wildman–Crippen LogP) is 15.1. The number of aromatic nitrogens is 2. The van der Waals surface area contributed by atoms with Gasteiger partial charge in [0.2, 0.25) is 0 Å². The van der Waals surface area contributed by atoms with Gasteiger partial charge in [-0.1, -0.05) is 133 Å². The highest BCUT2D eigenvalue weighted by Gasteiger charge is 2.33. The fraction of sp³-hybridized carbons (Fsp3) is 0. The molecular weight excluding hydrogens is 709 g/mol. The predicted molar refractivity (Wildman–Crippen MR) is 241 cm³/mol. The van der Waals surface area contributed by atoms with Crippen molar-refractivity contribution >= 4 is 120 Å². The van der Waals surface area contributed by atoms with Gasteiger partial charge in [-0.15, -0.1) is 0 Å². The third-order valence-corrected chi connectivity index (χ3v) is 13.1. The van der Waals surface area contributed by atoms with Crippen molar-refractivity contribution in [1.82, 2.24) is 8.80 Å². The Kier molecular flexibility index (Phi) is 5.14. The van der Waals surface area contributed by atoms with Gasteiger partial charge in [0, 0.05) is 75.8 Å². The lowest BCUT2D eigenvalue weighted by Gasteiger charge is -2.16. The van der Waals surface area contributed by atoms with Crippen molar-refractivity contribution in [3.05, 3.63) is 170 Å². The topological polar surface area (TPSA) is 35.1 Å². The third-order valence-electron chi connectivity index (χ3n) is 13.1. The summed E-state index contributed by atoms with van der Waals surface area (Å²) in [7, 11) is 0. The summed E-state index contributed by atoms with van der Waals surface area (Å²) in [6, 6.07) is 61.6. The van der Waals surface area contributed by atoms with E-state index >= 15 is 0 Å². The molecule has 0 aliphatic heterocycles. The van der Waals surface area contributed by atoms with Crippen LogP contribution in [0.4, 0.5) is 0 Å². The molecule has 15 aromatic rings. The van der Waals surface area contributed by atoms with Gasteiger partial charge in [-0.25, -0.2) is 0 Å². The Bertz CT molecular complexity index is 3960. The van der Waals surface area contributed by atoms with Crippen LogP contribution >= 0.6 is 0 Å². The summed E-state index contributed by atoms with van der Waals surface area (Å²) in [5.41, 5.74) is 15.6. The van der Waals surface area contributed by atoms with Crippen LogP contribution in [0.5, 0.6) is 0 Å². The van der Waals surface area contributed by atoms with Crippen LogP contribution in [-0.2, 0) is 0 Å². The Morgan fingerprint density at radius 1 is 0.276 bits per heavy atom. The van der Waals surface area contributed by atoms with Crippen molar-refractivity contribution in [1.29, 1.82) is 0 Å². The van der Waals surface area contributed by atoms with Crippen molar-refractivity contribution in [2.45, 2.75) is 0 Å². The van der Waals surface area contributed by atoms with Crippen LogP contribution in [0, 0.1) is 0 Å². The highest BCUT2D eigenvalue weighted by atomic mass is 16.3. The quantitative estimate of drug-likeness (QED) is 0.177. The Morgan fingerprint density at radius 3 is 1.10 bits per heavy atom. The van der Waals surface area contributed by atoms with Crippen LogP contribution in [0.2, 0.25) is 0 Å². The van der Waals surface area contributed by atoms with E-state index in [0.717, 1.165) is 43.9 Å². The molecule has 9 aromatic carbocycles. The molecule has 0 aliphatic rings. The number of para-hydroxylation sites is 4. The molecule has 0 radical (unpaired) electrons. The number of nitrogens with zero attached hydrogens (tertiary/aromatic N) is 2. The Balaban J connectivity index is 1.40. The number of fused-ring (bicyclic) bond motifs is 20. The van der Waals surface area contributed by atoms with E-state index in [1.807, 2.05) is 0 Å². The van der Waals surface area contributed by atoms with Crippen molar-refractivity contribution in [3.8, 4) is 22.3 Å². The van der Waals surface area contributed by atoms with Crippen LogP contribution < -0.4 is 0 Å². The zero-order valence-corrected chi connectivity index (χ0v) is 30.9. The maximum Gasteiger partial charge on any atom is 0.136 e. The smallest absolute Gasteiger partial charge is 0.136 e. The zero-order chi connectivity index (χ0) is 37.4. The fourth-order valence-corrected chi connectivity index (χ4v) is 11.0. The van der Waals surface area contributed by atoms with Gasteiger partial charge in [0.1, 0.15) is 22.3 Å². The molecule has 0 amide bonds. The first-order chi connectivity index (χ1) is 28.8. The Morgan fingerprint density at radius 2 is 0.655 bits per heavy atom. The first-order valence-electron chi connectivity index (χ1n) is 19.9. The molecule has 0 saturated heterocycles. The van der Waals surface area contributed by atoms with Crippen LogP contribution in [-0.4, -0.2) is 8.80 Å². The maximum atomic E-state index is 6.81. The minimum atomic E-state index is 0.899. The second kappa shape index (κ2) is 10.1. The monoisotopic (exact) mass is 736 g/mol. The molecular formula is C54H28N2O2. The van der Waals surface area contributed by atoms with Crippen LogP contribution in [0.3, 0.4) is 0 Å². The molecule has 0 atom stereocenters. The Hall–Kier alpha value is -7.82. The second-order valence-corrected chi connectivity index (χ2v) is 15.9. The number of furan rings is 2. The van der Waals surface area contributed by atoms with E-state index in [1.165, 1.54) is 98.4 Å². The van der Waals surface area contributed by atoms with Crippen LogP contribution in [0.1, 0.15) is 0 Å². The normalized spacial score (nSPS) is 12.8. The van der Waals surface area contributed by atoms with E-state index in [9.17, 15) is 0 Å². The van der Waals surface area contributed by atoms with Gasteiger partial charge in [-0.05, 0) is 47.5 Å². The average Bonchev–Trinajstić information content (AvgIpc) is 4.12. The first-order valence-corrected chi connectivity index (χ1v) is 19.9. The minimum absolute atomic E-state index is 0.899. The Labute approximate surface area is 328 Å². The van der Waals surface area contributed by atoms with E-state index < -0.39 is 0 Å². The lowest BCUT2D eigenvalue weighted by atomic mass is 9.88. The molecule has 266 valence electrons. The SMILES string of the molecule is c1ccc(-c2c3c4c5c(cc6c7ccccc7n(c3c(-c3ccccc3)c3c7c8c(cc9c%10ccccc%10n(c23)c97)oc2ccccc28)c64)oc2ccccc25)cc1. The molecule has 0 saturated carbocycles. The van der Waals surface area contributed by atoms with Gasteiger partial charge in [-0.2, -0.15) is 0 Å². The van der Waals surface area contributed by atoms with Gasteiger partial charge in [0.25, 0.3) is 0 Å². The minimum Gasteiger partial charge on any atom is -0.456 e. The summed E-state index contributed by atoms with van der Waals surface area (Å²) in [6.07, 6.45) is 0. The molecule has 0 aliphatic carbocycles. The molecule has 0 unspecified atom stereocenters. The molecule has 0 fully saturated rings. The number of benzene rings is 9. The van der Waals surface area contributed by atoms with E-state index in [1.54, 1.807) is 0 Å². The number of rotatable bonds is 2. The van der Waals surface area contributed by atoms with Crippen molar-refractivity contribution in [2.75, 3.05) is 0 Å². The largest absolute Gasteiger partial charge is 0.456 e. The lowest BCUT2D eigenvalue weighted by molar-refractivity contribution is 0.669. The summed E-state index contributed by atoms with van der Waals surface area (Å²) in [4.78, 5) is 0. The molecule has 6 heterocycles. The second-order valence-electron chi connectivity index (χ2n) is 15.9. The van der Waals surface area contributed by atoms with Crippen molar-refractivity contribution in [3.63, 3.8) is 0 Å². The van der Waals surface area contributed by atoms with Gasteiger partial charge in [0.05, 0.1) is 33.1 Å². The van der Waals surface area contributed by atoms with Crippen LogP contribution in [0.15, 0.2) is 179 Å². The maximum absolute atomic E-state index is 6.81. The molecule has 0 spiro atoms. The molecule has 4 heteroatoms. The molecule has 15 rings (SSSR count). The van der Waals surface area contributed by atoms with Crippen LogP contribution in [0.25, 0.3) is 142 Å². The summed E-state index contributed by atoms with van der Waals surface area (Å²) in [5.74, 6) is 0. The average molecular weight is 737 g/mol. The number of hydrogen-bond donors (Lipinski definition) is 0. The highest BCUT2D eigenvalue weighted by Crippen LogP contribution is 2.57. The van der Waals surface area contributed by atoms with E-state index in [2.05, 4.69) is 179 Å². The summed E-state index contributed by atoms with van der Waals surface area (Å²) < 4.78 is 18.8. The lowest BCUT2D eigenvalue weighted by Crippen LogP contribution is -1.93. The molecule has 0 bridgehead atoms. The van der Waals surface area contributed by atoms with E-state index in [0.29, 0.717) is 0 Å². The highest BCUT2D eigenvalue weighted by molar-refractivity contribution is 6.45. The van der Waals surface area contributed by atoms with E-state index in [-0.39, 0.29) is 0 Å². The number of hydrogen-bond acceptors (Lipinski definition) is 2. The van der Waals surface area contributed by atoms with Gasteiger partial charge >= 0.3 is 0 Å². The zero-order valence-electron chi connectivity index (χ0n) is 30.9. The van der Waals surface area contributed by atoms with E-state index in [4.69, 9.17) is 8.83 Å². The standard InChI is InChI=1S/C54H28N2O2/c1-3-15-29(16-4-1)43-47-49-45-33-21-9-13-25-39(33)57-41(45)27-35-32-20-8-12-24-38(32)56(51(35)49)54(47)44(30-17-5-2-6-18-30)48-50-46-34-22-10-14-26-40(34)58-42(46)28-36-31-19-7-11-23-37(31)55(52(36)50)53(43)48/h1-28H. The fourth-order valence-electron chi connectivity index (χ4n) is 11.0. The van der Waals surface area contributed by atoms with Gasteiger partial charge in [-0.3, -0.25) is 0 Å². The summed E-state index contributed by atoms with van der Waals surface area (Å²) >= 11 is 0. The van der Waals surface area contributed by atoms with Crippen molar-refractivity contribution < 1.29 is 8.83 Å². The third kappa shape index (κ3) is 3.30. The first kappa shape index (κ1) is 29.5.